The van der Waals surface area contributed by atoms with Gasteiger partial charge < -0.3 is 18.9 Å². The van der Waals surface area contributed by atoms with Crippen LogP contribution in [0.2, 0.25) is 0 Å². The second kappa shape index (κ2) is 7.57. The topological polar surface area (TPSA) is 52.5 Å². The van der Waals surface area contributed by atoms with E-state index in [9.17, 15) is 0 Å². The van der Waals surface area contributed by atoms with E-state index in [0.717, 1.165) is 29.0 Å². The Morgan fingerprint density at radius 3 is 2.43 bits per heavy atom. The first kappa shape index (κ1) is 18.8. The summed E-state index contributed by atoms with van der Waals surface area (Å²) in [5, 5.41) is 9.11. The average Bonchev–Trinajstić information content (AvgIpc) is 3.47. The standard InChI is InChI=1S/C23H22N2O4S/c1-26-19-13-21(28-3)20(27-2)11-15(19)23-25-17(14-7-4-5-8-18(14)29-23)12-16(24-25)22-9-6-10-30-22/h4-11,13,17,23H,12H2,1-3H3. The van der Waals surface area contributed by atoms with Crippen LogP contribution in [0.3, 0.4) is 0 Å². The molecular formula is C23H22N2O4S. The maximum absolute atomic E-state index is 6.46. The smallest absolute Gasteiger partial charge is 0.217 e. The largest absolute Gasteiger partial charge is 0.496 e. The number of hydrogen-bond acceptors (Lipinski definition) is 7. The number of fused-ring (bicyclic) bond motifs is 3. The number of thiophene rings is 1. The van der Waals surface area contributed by atoms with Crippen molar-refractivity contribution in [3.8, 4) is 23.0 Å². The van der Waals surface area contributed by atoms with Gasteiger partial charge in [0.2, 0.25) is 6.23 Å². The third kappa shape index (κ3) is 2.97. The van der Waals surface area contributed by atoms with E-state index in [0.29, 0.717) is 17.2 Å². The molecule has 0 saturated heterocycles. The van der Waals surface area contributed by atoms with Gasteiger partial charge in [-0.2, -0.15) is 5.10 Å². The van der Waals surface area contributed by atoms with E-state index in [1.165, 1.54) is 4.88 Å². The van der Waals surface area contributed by atoms with Crippen LogP contribution in [0.4, 0.5) is 0 Å². The zero-order valence-corrected chi connectivity index (χ0v) is 17.8. The number of nitrogens with zero attached hydrogens (tertiary/aromatic N) is 2. The minimum atomic E-state index is -0.447. The van der Waals surface area contributed by atoms with E-state index < -0.39 is 6.23 Å². The summed E-state index contributed by atoms with van der Waals surface area (Å²) < 4.78 is 23.1. The van der Waals surface area contributed by atoms with Crippen molar-refractivity contribution >= 4 is 17.0 Å². The molecule has 3 aromatic rings. The van der Waals surface area contributed by atoms with E-state index in [4.69, 9.17) is 24.0 Å². The summed E-state index contributed by atoms with van der Waals surface area (Å²) in [7, 11) is 4.87. The zero-order chi connectivity index (χ0) is 20.7. The molecule has 0 N–H and O–H groups in total. The van der Waals surface area contributed by atoms with Crippen LogP contribution in [0.15, 0.2) is 59.0 Å². The summed E-state index contributed by atoms with van der Waals surface area (Å²) in [6.45, 7) is 0. The second-order valence-corrected chi connectivity index (χ2v) is 8.03. The van der Waals surface area contributed by atoms with Gasteiger partial charge in [0.25, 0.3) is 0 Å². The second-order valence-electron chi connectivity index (χ2n) is 7.08. The Hall–Kier alpha value is -3.19. The molecule has 0 radical (unpaired) electrons. The van der Waals surface area contributed by atoms with E-state index in [1.54, 1.807) is 32.7 Å². The Balaban J connectivity index is 1.64. The summed E-state index contributed by atoms with van der Waals surface area (Å²) in [4.78, 5) is 1.18. The lowest BCUT2D eigenvalue weighted by atomic mass is 9.97. The van der Waals surface area contributed by atoms with Crippen molar-refractivity contribution in [3.63, 3.8) is 0 Å². The zero-order valence-electron chi connectivity index (χ0n) is 17.0. The number of hydrazone groups is 1. The molecule has 2 aromatic carbocycles. The third-order valence-corrected chi connectivity index (χ3v) is 6.43. The van der Waals surface area contributed by atoms with Crippen molar-refractivity contribution in [2.45, 2.75) is 18.7 Å². The highest BCUT2D eigenvalue weighted by atomic mass is 32.1. The lowest BCUT2D eigenvalue weighted by Crippen LogP contribution is -2.34. The van der Waals surface area contributed by atoms with Crippen LogP contribution >= 0.6 is 11.3 Å². The third-order valence-electron chi connectivity index (χ3n) is 5.51. The van der Waals surface area contributed by atoms with Crippen molar-refractivity contribution in [2.24, 2.45) is 5.10 Å². The lowest BCUT2D eigenvalue weighted by molar-refractivity contribution is -0.0205. The molecule has 30 heavy (non-hydrogen) atoms. The number of rotatable bonds is 5. The monoisotopic (exact) mass is 422 g/mol. The number of para-hydroxylation sites is 1. The summed E-state index contributed by atoms with van der Waals surface area (Å²) in [5.41, 5.74) is 3.05. The average molecular weight is 423 g/mol. The highest BCUT2D eigenvalue weighted by molar-refractivity contribution is 7.12. The highest BCUT2D eigenvalue weighted by Crippen LogP contribution is 2.50. The van der Waals surface area contributed by atoms with Gasteiger partial charge in [0.15, 0.2) is 11.5 Å². The molecule has 2 aliphatic rings. The lowest BCUT2D eigenvalue weighted by Gasteiger charge is -2.38. The Morgan fingerprint density at radius 2 is 1.70 bits per heavy atom. The fourth-order valence-electron chi connectivity index (χ4n) is 4.08. The van der Waals surface area contributed by atoms with Gasteiger partial charge >= 0.3 is 0 Å². The van der Waals surface area contributed by atoms with Crippen LogP contribution in [0, 0.1) is 0 Å². The first-order chi connectivity index (χ1) is 14.7. The Bertz CT molecular complexity index is 1100. The molecule has 0 saturated carbocycles. The summed E-state index contributed by atoms with van der Waals surface area (Å²) in [5.74, 6) is 2.75. The fourth-order valence-corrected chi connectivity index (χ4v) is 4.80. The molecule has 6 nitrogen and oxygen atoms in total. The summed E-state index contributed by atoms with van der Waals surface area (Å²) in [6.07, 6.45) is 0.379. The number of benzene rings is 2. The SMILES string of the molecule is COc1cc(OC)c(C2Oc3ccccc3C3CC(c4cccs4)=NN32)cc1OC. The van der Waals surface area contributed by atoms with Gasteiger partial charge in [-0.3, -0.25) is 0 Å². The number of ether oxygens (including phenoxy) is 4. The molecule has 7 heteroatoms. The van der Waals surface area contributed by atoms with E-state index in [2.05, 4.69) is 23.6 Å². The Labute approximate surface area is 179 Å². The van der Waals surface area contributed by atoms with Gasteiger partial charge in [-0.1, -0.05) is 24.3 Å². The van der Waals surface area contributed by atoms with Crippen LogP contribution in [-0.4, -0.2) is 32.0 Å². The minimum absolute atomic E-state index is 0.0925. The Kier molecular flexibility index (Phi) is 4.75. The molecule has 0 fully saturated rings. The molecule has 0 amide bonds. The number of methoxy groups -OCH3 is 3. The van der Waals surface area contributed by atoms with Crippen LogP contribution in [-0.2, 0) is 0 Å². The van der Waals surface area contributed by atoms with Crippen molar-refractivity contribution in [3.05, 3.63) is 69.9 Å². The molecule has 2 atom stereocenters. The van der Waals surface area contributed by atoms with Gasteiger partial charge in [-0.05, 0) is 23.6 Å². The first-order valence-electron chi connectivity index (χ1n) is 9.68. The predicted octanol–water partition coefficient (Wildman–Crippen LogP) is 5.02. The quantitative estimate of drug-likeness (QED) is 0.578. The molecule has 154 valence electrons. The minimum Gasteiger partial charge on any atom is -0.496 e. The molecule has 1 aromatic heterocycles. The van der Waals surface area contributed by atoms with Gasteiger partial charge in [-0.15, -0.1) is 11.3 Å². The summed E-state index contributed by atoms with van der Waals surface area (Å²) in [6, 6.07) is 16.2. The molecule has 2 aliphatic heterocycles. The van der Waals surface area contributed by atoms with Crippen molar-refractivity contribution in [1.29, 1.82) is 0 Å². The van der Waals surface area contributed by atoms with Crippen molar-refractivity contribution in [1.82, 2.24) is 5.01 Å². The Morgan fingerprint density at radius 1 is 0.933 bits per heavy atom. The fraction of sp³-hybridized carbons (Fsp3) is 0.261. The maximum Gasteiger partial charge on any atom is 0.217 e. The molecule has 2 unspecified atom stereocenters. The van der Waals surface area contributed by atoms with Crippen molar-refractivity contribution < 1.29 is 18.9 Å². The van der Waals surface area contributed by atoms with Gasteiger partial charge in [0.05, 0.1) is 43.5 Å². The van der Waals surface area contributed by atoms with Crippen LogP contribution in [0.1, 0.15) is 34.7 Å². The molecular weight excluding hydrogens is 400 g/mol. The summed E-state index contributed by atoms with van der Waals surface area (Å²) >= 11 is 1.70. The maximum atomic E-state index is 6.46. The van der Waals surface area contributed by atoms with E-state index in [-0.39, 0.29) is 6.04 Å². The molecule has 0 bridgehead atoms. The van der Waals surface area contributed by atoms with Crippen LogP contribution < -0.4 is 18.9 Å². The molecule has 5 rings (SSSR count). The van der Waals surface area contributed by atoms with Gasteiger partial charge in [-0.25, -0.2) is 5.01 Å². The van der Waals surface area contributed by atoms with Crippen LogP contribution in [0.5, 0.6) is 23.0 Å². The van der Waals surface area contributed by atoms with E-state index in [1.807, 2.05) is 35.3 Å². The first-order valence-corrected chi connectivity index (χ1v) is 10.6. The van der Waals surface area contributed by atoms with Crippen molar-refractivity contribution in [2.75, 3.05) is 21.3 Å². The molecule has 0 spiro atoms. The molecule has 0 aliphatic carbocycles. The highest BCUT2D eigenvalue weighted by Gasteiger charge is 2.42. The van der Waals surface area contributed by atoms with Crippen LogP contribution in [0.25, 0.3) is 0 Å². The predicted molar refractivity (Wildman–Crippen MR) is 116 cm³/mol. The van der Waals surface area contributed by atoms with Gasteiger partial charge in [0.1, 0.15) is 11.5 Å². The number of hydrogen-bond donors (Lipinski definition) is 0. The normalized spacial score (nSPS) is 19.4. The van der Waals surface area contributed by atoms with Gasteiger partial charge in [0, 0.05) is 18.1 Å². The molecule has 3 heterocycles. The van der Waals surface area contributed by atoms with E-state index >= 15 is 0 Å².